The van der Waals surface area contributed by atoms with E-state index in [2.05, 4.69) is 48.1 Å². The van der Waals surface area contributed by atoms with Crippen molar-refractivity contribution in [1.82, 2.24) is 20.4 Å². The Morgan fingerprint density at radius 2 is 0.611 bits per heavy atom. The molecular formula is C46H94Cl4N4. The highest BCUT2D eigenvalue weighted by molar-refractivity contribution is 6.21. The molecule has 4 unspecified atom stereocenters. The monoisotopic (exact) mass is 843 g/mol. The van der Waals surface area contributed by atoms with Crippen LogP contribution in [-0.4, -0.2) is 96.8 Å². The second-order valence-electron chi connectivity index (χ2n) is 16.6. The topological polar surface area (TPSA) is 30.5 Å². The normalized spacial score (nSPS) is 14.3. The first-order valence-electron chi connectivity index (χ1n) is 23.8. The predicted octanol–water partition coefficient (Wildman–Crippen LogP) is 14.2. The summed E-state index contributed by atoms with van der Waals surface area (Å²) in [6.07, 6.45) is 36.1. The summed E-state index contributed by atoms with van der Waals surface area (Å²) in [5, 5.41) is 8.19. The minimum atomic E-state index is 0.186. The maximum Gasteiger partial charge on any atom is 0.0463 e. The summed E-state index contributed by atoms with van der Waals surface area (Å²) in [4.78, 5) is 5.21. The number of hydrogen-bond donors (Lipinski definition) is 2. The van der Waals surface area contributed by atoms with Gasteiger partial charge in [-0.3, -0.25) is 9.80 Å². The summed E-state index contributed by atoms with van der Waals surface area (Å²) in [6, 6.07) is 0. The first-order chi connectivity index (χ1) is 26.4. The zero-order chi connectivity index (χ0) is 39.7. The van der Waals surface area contributed by atoms with Crippen molar-refractivity contribution in [3.63, 3.8) is 0 Å². The molecule has 0 aromatic carbocycles. The molecule has 54 heavy (non-hydrogen) atoms. The van der Waals surface area contributed by atoms with E-state index in [0.717, 1.165) is 91.1 Å². The van der Waals surface area contributed by atoms with E-state index in [9.17, 15) is 0 Å². The van der Waals surface area contributed by atoms with Crippen LogP contribution >= 0.6 is 46.4 Å². The summed E-state index contributed by atoms with van der Waals surface area (Å²) in [5.74, 6) is 0. The maximum atomic E-state index is 7.05. The molecule has 4 nitrogen and oxygen atoms in total. The average molecular weight is 845 g/mol. The van der Waals surface area contributed by atoms with Gasteiger partial charge in [0, 0.05) is 87.0 Å². The van der Waals surface area contributed by atoms with Gasteiger partial charge in [-0.1, -0.05) is 182 Å². The van der Waals surface area contributed by atoms with Gasteiger partial charge in [0.15, 0.2) is 0 Å². The summed E-state index contributed by atoms with van der Waals surface area (Å²) < 4.78 is 0. The van der Waals surface area contributed by atoms with Crippen molar-refractivity contribution in [1.29, 1.82) is 0 Å². The van der Waals surface area contributed by atoms with E-state index in [1.165, 1.54) is 154 Å². The van der Waals surface area contributed by atoms with Crippen LogP contribution in [0.2, 0.25) is 0 Å². The molecule has 0 aliphatic carbocycles. The number of unbranched alkanes of at least 4 members (excludes halogenated alkanes) is 20. The lowest BCUT2D eigenvalue weighted by Gasteiger charge is -2.30. The predicted molar refractivity (Wildman–Crippen MR) is 249 cm³/mol. The molecule has 0 rings (SSSR count). The molecule has 8 heteroatoms. The van der Waals surface area contributed by atoms with Gasteiger partial charge in [0.1, 0.15) is 0 Å². The number of hydrogen-bond acceptors (Lipinski definition) is 4. The molecule has 0 aliphatic heterocycles. The molecule has 0 aromatic rings. The van der Waals surface area contributed by atoms with Gasteiger partial charge in [0.25, 0.3) is 0 Å². The molecule has 0 bridgehead atoms. The highest BCUT2D eigenvalue weighted by Gasteiger charge is 2.18. The van der Waals surface area contributed by atoms with Crippen LogP contribution in [0.25, 0.3) is 0 Å². The van der Waals surface area contributed by atoms with Gasteiger partial charge >= 0.3 is 0 Å². The van der Waals surface area contributed by atoms with E-state index in [-0.39, 0.29) is 21.5 Å². The highest BCUT2D eigenvalue weighted by Crippen LogP contribution is 2.18. The van der Waals surface area contributed by atoms with Crippen LogP contribution < -0.4 is 10.6 Å². The van der Waals surface area contributed by atoms with Crippen LogP contribution in [0.4, 0.5) is 0 Å². The van der Waals surface area contributed by atoms with Crippen LogP contribution in [0.3, 0.4) is 0 Å². The molecule has 0 fully saturated rings. The first kappa shape index (κ1) is 55.0. The van der Waals surface area contributed by atoms with E-state index in [4.69, 9.17) is 46.4 Å². The molecule has 0 radical (unpaired) electrons. The lowest BCUT2D eigenvalue weighted by Crippen LogP contribution is -2.44. The molecule has 0 spiro atoms. The van der Waals surface area contributed by atoms with Crippen molar-refractivity contribution in [2.75, 3.05) is 65.4 Å². The fourth-order valence-electron chi connectivity index (χ4n) is 7.40. The Morgan fingerprint density at radius 3 is 0.944 bits per heavy atom. The summed E-state index contributed by atoms with van der Waals surface area (Å²) in [7, 11) is 0. The number of nitrogens with one attached hydrogen (secondary N) is 2. The second kappa shape index (κ2) is 43.6. The Morgan fingerprint density at radius 1 is 0.333 bits per heavy atom. The van der Waals surface area contributed by atoms with Gasteiger partial charge in [0.2, 0.25) is 0 Å². The van der Waals surface area contributed by atoms with E-state index >= 15 is 0 Å². The van der Waals surface area contributed by atoms with Crippen molar-refractivity contribution in [3.05, 3.63) is 0 Å². The summed E-state index contributed by atoms with van der Waals surface area (Å²) in [5.41, 5.74) is 0. The van der Waals surface area contributed by atoms with Gasteiger partial charge in [-0.05, 0) is 25.7 Å². The van der Waals surface area contributed by atoms with Gasteiger partial charge in [0.05, 0.1) is 0 Å². The third kappa shape index (κ3) is 39.8. The van der Waals surface area contributed by atoms with Gasteiger partial charge in [-0.15, -0.1) is 46.4 Å². The smallest absolute Gasteiger partial charge is 0.0463 e. The largest absolute Gasteiger partial charge is 0.314 e. The van der Waals surface area contributed by atoms with Crippen molar-refractivity contribution < 1.29 is 0 Å². The summed E-state index contributed by atoms with van der Waals surface area (Å²) in [6.45, 7) is 18.8. The number of nitrogens with zero attached hydrogens (tertiary/aromatic N) is 2. The Hall–Kier alpha value is 1.00. The van der Waals surface area contributed by atoms with Crippen LogP contribution in [0.1, 0.15) is 207 Å². The molecule has 0 amide bonds. The van der Waals surface area contributed by atoms with Gasteiger partial charge < -0.3 is 10.6 Å². The van der Waals surface area contributed by atoms with E-state index < -0.39 is 0 Å². The summed E-state index contributed by atoms with van der Waals surface area (Å²) >= 11 is 27.6. The third-order valence-corrected chi connectivity index (χ3v) is 12.5. The first-order valence-corrected chi connectivity index (χ1v) is 25.5. The van der Waals surface area contributed by atoms with Gasteiger partial charge in [-0.25, -0.2) is 0 Å². The van der Waals surface area contributed by atoms with Crippen LogP contribution in [0.5, 0.6) is 0 Å². The third-order valence-electron chi connectivity index (χ3n) is 11.1. The lowest BCUT2D eigenvalue weighted by molar-refractivity contribution is 0.200. The Bertz CT molecular complexity index is 666. The molecule has 0 aromatic heterocycles. The van der Waals surface area contributed by atoms with Crippen molar-refractivity contribution in [2.45, 2.75) is 229 Å². The standard InChI is InChI=1S/C46H94Cl4N4/c1-5-9-13-17-21-25-29-43(47)39-51-33-35-53(36-34-52-40-44(48)30-26-22-18-14-10-6-2)37-38-54(41-45(49)31-27-23-19-15-11-7-3)42-46(50)32-28-24-20-16-12-8-4/h43-46,51-52H,5-42H2,1-4H3. The molecule has 0 heterocycles. The van der Waals surface area contributed by atoms with Crippen molar-refractivity contribution in [3.8, 4) is 0 Å². The molecule has 4 atom stereocenters. The lowest BCUT2D eigenvalue weighted by atomic mass is 10.1. The molecule has 0 saturated carbocycles. The Labute approximate surface area is 359 Å². The minimum absolute atomic E-state index is 0.186. The SMILES string of the molecule is CCCCCCCCC(Cl)CNCCN(CCNCC(Cl)CCCCCCCC)CCN(CC(Cl)CCCCCCCC)CC(Cl)CCCCCCCC. The fourth-order valence-corrected chi connectivity index (χ4v) is 8.62. The Kier molecular flexibility index (Phi) is 44.4. The molecular weight excluding hydrogens is 750 g/mol. The fraction of sp³-hybridized carbons (Fsp3) is 1.00. The zero-order valence-corrected chi connectivity index (χ0v) is 39.6. The van der Waals surface area contributed by atoms with Crippen LogP contribution in [0, 0.1) is 0 Å². The van der Waals surface area contributed by atoms with Crippen LogP contribution in [-0.2, 0) is 0 Å². The van der Waals surface area contributed by atoms with Crippen LogP contribution in [0.15, 0.2) is 0 Å². The maximum absolute atomic E-state index is 7.05. The molecule has 0 saturated heterocycles. The quantitative estimate of drug-likeness (QED) is 0.0472. The van der Waals surface area contributed by atoms with Crippen molar-refractivity contribution in [2.24, 2.45) is 0 Å². The van der Waals surface area contributed by atoms with Gasteiger partial charge in [-0.2, -0.15) is 0 Å². The highest BCUT2D eigenvalue weighted by atomic mass is 35.5. The number of alkyl halides is 4. The number of halogens is 4. The zero-order valence-electron chi connectivity index (χ0n) is 36.6. The van der Waals surface area contributed by atoms with E-state index in [1.54, 1.807) is 0 Å². The van der Waals surface area contributed by atoms with E-state index in [1.807, 2.05) is 0 Å². The van der Waals surface area contributed by atoms with E-state index in [0.29, 0.717) is 0 Å². The minimum Gasteiger partial charge on any atom is -0.314 e. The molecule has 0 aliphatic rings. The number of rotatable bonds is 45. The average Bonchev–Trinajstić information content (AvgIpc) is 3.15. The van der Waals surface area contributed by atoms with Crippen molar-refractivity contribution >= 4 is 46.4 Å². The molecule has 326 valence electrons. The Balaban J connectivity index is 5.09. The molecule has 2 N–H and O–H groups in total. The second-order valence-corrected chi connectivity index (χ2v) is 19.1.